The number of carbonyl (C=O) groups is 3. The fraction of sp³-hybridized carbons (Fsp3) is 0.227. The molecule has 1 saturated heterocycles. The maximum absolute atomic E-state index is 12.8. The second kappa shape index (κ2) is 9.23. The van der Waals surface area contributed by atoms with Gasteiger partial charge in [0, 0.05) is 17.3 Å². The maximum atomic E-state index is 12.8. The summed E-state index contributed by atoms with van der Waals surface area (Å²) in [5.41, 5.74) is 1.07. The highest BCUT2D eigenvalue weighted by Crippen LogP contribution is 2.38. The van der Waals surface area contributed by atoms with Crippen LogP contribution in [-0.4, -0.2) is 49.0 Å². The molecular weight excluding hydrogens is 436 g/mol. The Balaban J connectivity index is 1.48. The van der Waals surface area contributed by atoms with Crippen LogP contribution in [0.3, 0.4) is 0 Å². The number of carbonyl (C=O) groups excluding carboxylic acids is 3. The number of hydrogen-bond donors (Lipinski definition) is 1. The van der Waals surface area contributed by atoms with Crippen LogP contribution in [0.4, 0.5) is 10.5 Å². The van der Waals surface area contributed by atoms with E-state index in [-0.39, 0.29) is 11.7 Å². The molecule has 3 amide bonds. The lowest BCUT2D eigenvalue weighted by molar-refractivity contribution is -0.127. The van der Waals surface area contributed by atoms with E-state index in [2.05, 4.69) is 5.32 Å². The molecule has 0 unspecified atom stereocenters. The zero-order valence-electron chi connectivity index (χ0n) is 17.4. The normalized spacial score (nSPS) is 15.9. The number of hydrogen-bond acceptors (Lipinski definition) is 8. The van der Waals surface area contributed by atoms with Gasteiger partial charge in [0.05, 0.1) is 18.6 Å². The van der Waals surface area contributed by atoms with Crippen molar-refractivity contribution in [1.29, 1.82) is 0 Å². The number of nitrogens with one attached hydrogen (secondary N) is 1. The van der Waals surface area contributed by atoms with Crippen molar-refractivity contribution in [3.63, 3.8) is 0 Å². The molecule has 2 heterocycles. The van der Waals surface area contributed by atoms with Crippen LogP contribution in [-0.2, 0) is 9.59 Å². The van der Waals surface area contributed by atoms with Crippen molar-refractivity contribution in [1.82, 2.24) is 4.90 Å². The number of thioether (sulfide) groups is 1. The van der Waals surface area contributed by atoms with E-state index in [0.717, 1.165) is 16.7 Å². The van der Waals surface area contributed by atoms with Crippen LogP contribution in [0.25, 0.3) is 6.08 Å². The van der Waals surface area contributed by atoms with Gasteiger partial charge >= 0.3 is 0 Å². The van der Waals surface area contributed by atoms with Crippen LogP contribution >= 0.6 is 11.8 Å². The molecule has 10 heteroatoms. The van der Waals surface area contributed by atoms with Crippen LogP contribution < -0.4 is 24.3 Å². The smallest absolute Gasteiger partial charge is 0.294 e. The zero-order valence-corrected chi connectivity index (χ0v) is 18.2. The van der Waals surface area contributed by atoms with E-state index >= 15 is 0 Å². The zero-order chi connectivity index (χ0) is 22.7. The largest absolute Gasteiger partial charge is 0.493 e. The molecule has 2 aromatic rings. The van der Waals surface area contributed by atoms with Crippen molar-refractivity contribution >= 4 is 40.6 Å². The van der Waals surface area contributed by atoms with E-state index in [0.29, 0.717) is 40.9 Å². The Morgan fingerprint density at radius 2 is 2.03 bits per heavy atom. The average Bonchev–Trinajstić information content (AvgIpc) is 3.34. The number of nitrogens with zero attached hydrogens (tertiary/aromatic N) is 1. The molecule has 1 N–H and O–H groups in total. The lowest BCUT2D eigenvalue weighted by Crippen LogP contribution is -2.36. The second-order valence-electron chi connectivity index (χ2n) is 6.70. The summed E-state index contributed by atoms with van der Waals surface area (Å²) in [5, 5.41) is 2.13. The van der Waals surface area contributed by atoms with E-state index in [1.807, 2.05) is 6.92 Å². The first-order chi connectivity index (χ1) is 15.5. The summed E-state index contributed by atoms with van der Waals surface area (Å²) in [6, 6.07) is 10.2. The van der Waals surface area contributed by atoms with E-state index < -0.39 is 23.6 Å². The Labute approximate surface area is 188 Å². The van der Waals surface area contributed by atoms with E-state index in [9.17, 15) is 14.4 Å². The lowest BCUT2D eigenvalue weighted by Gasteiger charge is -2.13. The van der Waals surface area contributed by atoms with Crippen molar-refractivity contribution in [2.75, 3.05) is 32.4 Å². The molecule has 0 aliphatic carbocycles. The molecule has 0 bridgehead atoms. The number of amides is 3. The highest BCUT2D eigenvalue weighted by Gasteiger charge is 2.36. The van der Waals surface area contributed by atoms with Crippen molar-refractivity contribution in [2.24, 2.45) is 0 Å². The third-order valence-corrected chi connectivity index (χ3v) is 5.54. The fourth-order valence-electron chi connectivity index (χ4n) is 3.20. The first-order valence-electron chi connectivity index (χ1n) is 9.74. The molecule has 0 saturated carbocycles. The number of methoxy groups -OCH3 is 1. The summed E-state index contributed by atoms with van der Waals surface area (Å²) in [7, 11) is 1.52. The van der Waals surface area contributed by atoms with E-state index in [1.54, 1.807) is 42.5 Å². The van der Waals surface area contributed by atoms with Gasteiger partial charge in [-0.3, -0.25) is 19.3 Å². The van der Waals surface area contributed by atoms with Gasteiger partial charge < -0.3 is 24.3 Å². The molecule has 166 valence electrons. The number of ether oxygens (including phenoxy) is 4. The summed E-state index contributed by atoms with van der Waals surface area (Å²) in [4.78, 5) is 38.8. The van der Waals surface area contributed by atoms with Gasteiger partial charge in [-0.25, -0.2) is 0 Å². The first-order valence-corrected chi connectivity index (χ1v) is 10.6. The number of benzene rings is 2. The molecule has 0 aromatic heterocycles. The number of para-hydroxylation sites is 1. The van der Waals surface area contributed by atoms with Crippen LogP contribution in [0.2, 0.25) is 0 Å². The van der Waals surface area contributed by atoms with Crippen LogP contribution in [0.5, 0.6) is 23.0 Å². The lowest BCUT2D eigenvalue weighted by atomic mass is 10.1. The van der Waals surface area contributed by atoms with Crippen molar-refractivity contribution in [3.8, 4) is 23.0 Å². The Bertz CT molecular complexity index is 1120. The third kappa shape index (κ3) is 4.35. The standard InChI is InChI=1S/C22H20N2O7S/c1-3-29-20-13(5-4-6-16(20)28-2)9-18-21(26)24(22(27)32-18)11-19(25)23-14-7-8-15-17(10-14)31-12-30-15/h4-10H,3,11-12H2,1-2H3,(H,23,25)/b18-9+. The fourth-order valence-corrected chi connectivity index (χ4v) is 4.03. The van der Waals surface area contributed by atoms with Crippen molar-refractivity contribution in [2.45, 2.75) is 6.92 Å². The van der Waals surface area contributed by atoms with Crippen LogP contribution in [0.1, 0.15) is 12.5 Å². The molecule has 32 heavy (non-hydrogen) atoms. The molecule has 2 aliphatic rings. The maximum Gasteiger partial charge on any atom is 0.294 e. The molecule has 0 radical (unpaired) electrons. The Morgan fingerprint density at radius 1 is 1.22 bits per heavy atom. The molecule has 0 atom stereocenters. The summed E-state index contributed by atoms with van der Waals surface area (Å²) >= 11 is 0.767. The Hall–Kier alpha value is -3.66. The van der Waals surface area contributed by atoms with E-state index in [4.69, 9.17) is 18.9 Å². The van der Waals surface area contributed by atoms with E-state index in [1.165, 1.54) is 7.11 Å². The predicted octanol–water partition coefficient (Wildman–Crippen LogP) is 3.50. The predicted molar refractivity (Wildman–Crippen MR) is 118 cm³/mol. The van der Waals surface area contributed by atoms with Crippen LogP contribution in [0.15, 0.2) is 41.3 Å². The molecule has 9 nitrogen and oxygen atoms in total. The molecule has 2 aliphatic heterocycles. The minimum absolute atomic E-state index is 0.119. The highest BCUT2D eigenvalue weighted by atomic mass is 32.2. The topological polar surface area (TPSA) is 103 Å². The Kier molecular flexibility index (Phi) is 6.22. The van der Waals surface area contributed by atoms with Gasteiger partial charge in [-0.15, -0.1) is 0 Å². The number of imide groups is 1. The molecule has 0 spiro atoms. The van der Waals surface area contributed by atoms with Gasteiger partial charge in [-0.2, -0.15) is 0 Å². The summed E-state index contributed by atoms with van der Waals surface area (Å²) in [6.07, 6.45) is 1.56. The quantitative estimate of drug-likeness (QED) is 0.632. The summed E-state index contributed by atoms with van der Waals surface area (Å²) in [5.74, 6) is 1.03. The molecule has 1 fully saturated rings. The van der Waals surface area contributed by atoms with Gasteiger partial charge in [0.25, 0.3) is 11.1 Å². The van der Waals surface area contributed by atoms with Crippen molar-refractivity contribution in [3.05, 3.63) is 46.9 Å². The Morgan fingerprint density at radius 3 is 2.81 bits per heavy atom. The van der Waals surface area contributed by atoms with Gasteiger partial charge in [0.15, 0.2) is 23.0 Å². The third-order valence-electron chi connectivity index (χ3n) is 4.64. The van der Waals surface area contributed by atoms with Gasteiger partial charge in [-0.05, 0) is 43.0 Å². The minimum atomic E-state index is -0.550. The highest BCUT2D eigenvalue weighted by molar-refractivity contribution is 8.18. The average molecular weight is 456 g/mol. The van der Waals surface area contributed by atoms with Gasteiger partial charge in [0.2, 0.25) is 12.7 Å². The molecular formula is C22H20N2O7S. The first kappa shape index (κ1) is 21.6. The number of fused-ring (bicyclic) bond motifs is 1. The SMILES string of the molecule is CCOc1c(/C=C2/SC(=O)N(CC(=O)Nc3ccc4c(c3)OCO4)C2=O)cccc1OC. The summed E-state index contributed by atoms with van der Waals surface area (Å²) in [6.45, 7) is 1.95. The number of anilines is 1. The molecule has 2 aromatic carbocycles. The van der Waals surface area contributed by atoms with Gasteiger partial charge in [-0.1, -0.05) is 12.1 Å². The monoisotopic (exact) mass is 456 g/mol. The molecule has 4 rings (SSSR count). The second-order valence-corrected chi connectivity index (χ2v) is 7.69. The number of rotatable bonds is 7. The van der Waals surface area contributed by atoms with Gasteiger partial charge in [0.1, 0.15) is 6.54 Å². The minimum Gasteiger partial charge on any atom is -0.493 e. The van der Waals surface area contributed by atoms with Crippen LogP contribution in [0, 0.1) is 0 Å². The summed E-state index contributed by atoms with van der Waals surface area (Å²) < 4.78 is 21.5. The van der Waals surface area contributed by atoms with Crippen molar-refractivity contribution < 1.29 is 33.3 Å².